The van der Waals surface area contributed by atoms with E-state index in [-0.39, 0.29) is 12.4 Å². The molecule has 2 saturated heterocycles. The van der Waals surface area contributed by atoms with E-state index in [1.165, 1.54) is 38.8 Å². The second-order valence-corrected chi connectivity index (χ2v) is 4.71. The summed E-state index contributed by atoms with van der Waals surface area (Å²) >= 11 is 5.76. The van der Waals surface area contributed by atoms with Gasteiger partial charge in [0.1, 0.15) is 0 Å². The molecule has 3 fully saturated rings. The second-order valence-electron chi connectivity index (χ2n) is 4.34. The van der Waals surface area contributed by atoms with Crippen LogP contribution in [-0.2, 0) is 0 Å². The first-order valence-electron chi connectivity index (χ1n) is 5.17. The van der Waals surface area contributed by atoms with Crippen LogP contribution in [0.3, 0.4) is 0 Å². The number of fused-ring (bicyclic) bond motifs is 4. The Morgan fingerprint density at radius 1 is 1.00 bits per heavy atom. The van der Waals surface area contributed by atoms with Crippen molar-refractivity contribution in [2.24, 2.45) is 11.8 Å². The Kier molecular flexibility index (Phi) is 4.85. The minimum absolute atomic E-state index is 0. The van der Waals surface area contributed by atoms with Crippen molar-refractivity contribution in [1.82, 2.24) is 4.90 Å². The van der Waals surface area contributed by atoms with Gasteiger partial charge in [0, 0.05) is 25.5 Å². The lowest BCUT2D eigenvalue weighted by molar-refractivity contribution is 0.267. The molecule has 0 aromatic carbocycles. The van der Waals surface area contributed by atoms with E-state index >= 15 is 0 Å². The lowest BCUT2D eigenvalue weighted by Crippen LogP contribution is -2.30. The number of hydrogen-bond acceptors (Lipinski definition) is 1. The molecule has 0 unspecified atom stereocenters. The molecule has 2 bridgehead atoms. The van der Waals surface area contributed by atoms with Gasteiger partial charge in [-0.2, -0.15) is 0 Å². The third-order valence-electron chi connectivity index (χ3n) is 3.40. The first-order chi connectivity index (χ1) is 5.88. The summed E-state index contributed by atoms with van der Waals surface area (Å²) in [6.07, 6.45) is 5.90. The molecular weight excluding hydrogens is 205 g/mol. The Balaban J connectivity index is 0.000000845. The number of alkyl halides is 1. The van der Waals surface area contributed by atoms with E-state index < -0.39 is 0 Å². The van der Waals surface area contributed by atoms with Gasteiger partial charge in [0.05, 0.1) is 0 Å². The van der Waals surface area contributed by atoms with Crippen LogP contribution in [-0.4, -0.2) is 30.4 Å². The molecule has 2 aliphatic heterocycles. The van der Waals surface area contributed by atoms with Gasteiger partial charge < -0.3 is 4.90 Å². The fraction of sp³-hybridized carbons (Fsp3) is 1.00. The summed E-state index contributed by atoms with van der Waals surface area (Å²) < 4.78 is 0. The first-order valence-corrected chi connectivity index (χ1v) is 5.70. The van der Waals surface area contributed by atoms with E-state index in [1.807, 2.05) is 0 Å². The van der Waals surface area contributed by atoms with Crippen molar-refractivity contribution in [3.8, 4) is 0 Å². The van der Waals surface area contributed by atoms with Crippen LogP contribution in [0, 0.1) is 11.8 Å². The molecular formula is C10H19Cl2N. The van der Waals surface area contributed by atoms with E-state index in [9.17, 15) is 0 Å². The first kappa shape index (κ1) is 11.6. The number of nitrogens with zero attached hydrogens (tertiary/aromatic N) is 1. The molecule has 13 heavy (non-hydrogen) atoms. The van der Waals surface area contributed by atoms with Gasteiger partial charge in [-0.05, 0) is 37.5 Å². The lowest BCUT2D eigenvalue weighted by atomic mass is 9.84. The smallest absolute Gasteiger partial charge is 0.0351 e. The third-order valence-corrected chi connectivity index (χ3v) is 3.57. The van der Waals surface area contributed by atoms with E-state index in [0.717, 1.165) is 24.3 Å². The Hall–Kier alpha value is 0.540. The Morgan fingerprint density at radius 2 is 1.46 bits per heavy atom. The van der Waals surface area contributed by atoms with E-state index in [0.29, 0.717) is 0 Å². The standard InChI is InChI=1S/C10H18ClN.ClH/c11-5-6-12-7-9-1-2-10(8-12)4-3-9;/h9-10H,1-8H2;1H. The lowest BCUT2D eigenvalue weighted by Gasteiger charge is -2.21. The molecule has 78 valence electrons. The minimum Gasteiger partial charge on any atom is -0.302 e. The molecule has 3 aliphatic rings. The van der Waals surface area contributed by atoms with Gasteiger partial charge in [0.15, 0.2) is 0 Å². The molecule has 0 aromatic rings. The van der Waals surface area contributed by atoms with E-state index in [1.54, 1.807) is 0 Å². The zero-order valence-corrected chi connectivity index (χ0v) is 9.62. The van der Waals surface area contributed by atoms with Gasteiger partial charge in [-0.1, -0.05) is 0 Å². The zero-order chi connectivity index (χ0) is 8.39. The minimum atomic E-state index is 0. The molecule has 0 aromatic heterocycles. The third kappa shape index (κ3) is 3.00. The Morgan fingerprint density at radius 3 is 1.85 bits per heavy atom. The van der Waals surface area contributed by atoms with Crippen molar-refractivity contribution in [3.63, 3.8) is 0 Å². The molecule has 1 aliphatic carbocycles. The van der Waals surface area contributed by atoms with Crippen LogP contribution in [0.5, 0.6) is 0 Å². The molecule has 0 atom stereocenters. The van der Waals surface area contributed by atoms with Crippen LogP contribution >= 0.6 is 24.0 Å². The van der Waals surface area contributed by atoms with Crippen LogP contribution in [0.2, 0.25) is 0 Å². The zero-order valence-electron chi connectivity index (χ0n) is 8.04. The summed E-state index contributed by atoms with van der Waals surface area (Å²) in [5, 5.41) is 0. The topological polar surface area (TPSA) is 3.24 Å². The fourth-order valence-electron chi connectivity index (χ4n) is 2.70. The summed E-state index contributed by atoms with van der Waals surface area (Å²) in [4.78, 5) is 2.57. The van der Waals surface area contributed by atoms with Gasteiger partial charge in [0.2, 0.25) is 0 Å². The van der Waals surface area contributed by atoms with Crippen molar-refractivity contribution in [2.45, 2.75) is 25.7 Å². The van der Waals surface area contributed by atoms with Crippen LogP contribution in [0.25, 0.3) is 0 Å². The average Bonchev–Trinajstić information content (AvgIpc) is 2.36. The van der Waals surface area contributed by atoms with Gasteiger partial charge in [-0.3, -0.25) is 0 Å². The summed E-state index contributed by atoms with van der Waals surface area (Å²) in [5.74, 6) is 2.79. The van der Waals surface area contributed by atoms with Gasteiger partial charge in [0.25, 0.3) is 0 Å². The fourth-order valence-corrected chi connectivity index (χ4v) is 2.94. The molecule has 1 saturated carbocycles. The van der Waals surface area contributed by atoms with Crippen molar-refractivity contribution >= 4 is 24.0 Å². The number of rotatable bonds is 2. The average molecular weight is 224 g/mol. The normalized spacial score (nSPS) is 33.9. The van der Waals surface area contributed by atoms with Crippen molar-refractivity contribution < 1.29 is 0 Å². The highest BCUT2D eigenvalue weighted by molar-refractivity contribution is 6.18. The summed E-state index contributed by atoms with van der Waals surface area (Å²) in [6, 6.07) is 0. The molecule has 0 N–H and O–H groups in total. The van der Waals surface area contributed by atoms with Crippen LogP contribution in [0.15, 0.2) is 0 Å². The molecule has 0 amide bonds. The molecule has 3 heteroatoms. The largest absolute Gasteiger partial charge is 0.302 e. The quantitative estimate of drug-likeness (QED) is 0.652. The van der Waals surface area contributed by atoms with Gasteiger partial charge in [-0.25, -0.2) is 0 Å². The molecule has 0 spiro atoms. The maximum atomic E-state index is 5.76. The van der Waals surface area contributed by atoms with E-state index in [2.05, 4.69) is 4.90 Å². The van der Waals surface area contributed by atoms with Crippen LogP contribution in [0.1, 0.15) is 25.7 Å². The van der Waals surface area contributed by atoms with Crippen molar-refractivity contribution in [3.05, 3.63) is 0 Å². The second kappa shape index (κ2) is 5.43. The molecule has 1 nitrogen and oxygen atoms in total. The highest BCUT2D eigenvalue weighted by Gasteiger charge is 2.28. The van der Waals surface area contributed by atoms with Gasteiger partial charge >= 0.3 is 0 Å². The van der Waals surface area contributed by atoms with Crippen molar-refractivity contribution in [1.29, 1.82) is 0 Å². The van der Waals surface area contributed by atoms with Crippen LogP contribution < -0.4 is 0 Å². The maximum absolute atomic E-state index is 5.76. The predicted molar refractivity (Wildman–Crippen MR) is 59.9 cm³/mol. The number of halogens is 2. The van der Waals surface area contributed by atoms with E-state index in [4.69, 9.17) is 11.6 Å². The highest BCUT2D eigenvalue weighted by atomic mass is 35.5. The SMILES string of the molecule is Cl.ClCCN1CC2CCC(CC2)C1. The molecule has 3 rings (SSSR count). The maximum Gasteiger partial charge on any atom is 0.0351 e. The summed E-state index contributed by atoms with van der Waals surface area (Å²) in [6.45, 7) is 3.75. The predicted octanol–water partition coefficient (Wildman–Crippen LogP) is 2.77. The van der Waals surface area contributed by atoms with Gasteiger partial charge in [-0.15, -0.1) is 24.0 Å². The number of hydrogen-bond donors (Lipinski definition) is 0. The molecule has 2 heterocycles. The van der Waals surface area contributed by atoms with Crippen LogP contribution in [0.4, 0.5) is 0 Å². The monoisotopic (exact) mass is 223 g/mol. The summed E-state index contributed by atoms with van der Waals surface area (Å²) in [5.41, 5.74) is 0. The Labute approximate surface area is 92.2 Å². The Bertz CT molecular complexity index is 130. The summed E-state index contributed by atoms with van der Waals surface area (Å²) in [7, 11) is 0. The van der Waals surface area contributed by atoms with Crippen molar-refractivity contribution in [2.75, 3.05) is 25.5 Å². The highest BCUT2D eigenvalue weighted by Crippen LogP contribution is 2.33. The molecule has 0 radical (unpaired) electrons.